The average Bonchev–Trinajstić information content (AvgIpc) is 2.68. The Bertz CT molecular complexity index is 532. The maximum absolute atomic E-state index is 12.7. The largest absolute Gasteiger partial charge is 0.510 e. The summed E-state index contributed by atoms with van der Waals surface area (Å²) < 4.78 is 12.7. The van der Waals surface area contributed by atoms with Crippen molar-refractivity contribution in [2.24, 2.45) is 4.99 Å². The molecule has 0 bridgehead atoms. The second-order valence-corrected chi connectivity index (χ2v) is 4.03. The number of aliphatic hydroxyl groups excluding tert-OH is 1. The van der Waals surface area contributed by atoms with E-state index in [4.69, 9.17) is 0 Å². The number of nitrogens with one attached hydrogen (secondary N) is 1. The fourth-order valence-corrected chi connectivity index (χ4v) is 1.72. The van der Waals surface area contributed by atoms with E-state index in [1.165, 1.54) is 12.1 Å². The quantitative estimate of drug-likeness (QED) is 0.800. The van der Waals surface area contributed by atoms with Gasteiger partial charge < -0.3 is 10.4 Å². The number of carbonyl (C=O) groups excluding carboxylic acids is 1. The molecule has 0 atom stereocenters. The molecule has 0 unspecified atom stereocenters. The molecule has 2 N–H and O–H groups in total. The molecule has 0 fully saturated rings. The van der Waals surface area contributed by atoms with E-state index in [9.17, 15) is 14.3 Å². The molecule has 94 valence electrons. The number of halogens is 1. The van der Waals surface area contributed by atoms with Crippen molar-refractivity contribution in [1.29, 1.82) is 0 Å². The normalized spacial score (nSPS) is 16.1. The monoisotopic (exact) mass is 248 g/mol. The second kappa shape index (κ2) is 5.00. The van der Waals surface area contributed by atoms with Crippen LogP contribution in [0, 0.1) is 5.82 Å². The summed E-state index contributed by atoms with van der Waals surface area (Å²) in [6.07, 6.45) is 0. The number of hydrogen-bond donors (Lipinski definition) is 2. The lowest BCUT2D eigenvalue weighted by atomic mass is 10.1. The summed E-state index contributed by atoms with van der Waals surface area (Å²) in [7, 11) is 0. The Kier molecular flexibility index (Phi) is 3.41. The molecule has 0 saturated heterocycles. The van der Waals surface area contributed by atoms with E-state index in [0.29, 0.717) is 12.3 Å². The fourth-order valence-electron chi connectivity index (χ4n) is 1.72. The lowest BCUT2D eigenvalue weighted by Gasteiger charge is -2.01. The first kappa shape index (κ1) is 12.3. The first-order valence-corrected chi connectivity index (χ1v) is 5.54. The van der Waals surface area contributed by atoms with Gasteiger partial charge in [0, 0.05) is 5.71 Å². The Balaban J connectivity index is 2.12. The van der Waals surface area contributed by atoms with Crippen LogP contribution in [0.15, 0.2) is 40.6 Å². The Morgan fingerprint density at radius 3 is 2.67 bits per heavy atom. The SMILES string of the molecule is CC(=NCc1ccc(F)cc1)C1=C(O)CNC1=O. The van der Waals surface area contributed by atoms with Gasteiger partial charge in [0.1, 0.15) is 11.6 Å². The second-order valence-electron chi connectivity index (χ2n) is 4.03. The number of amides is 1. The lowest BCUT2D eigenvalue weighted by Crippen LogP contribution is -2.20. The van der Waals surface area contributed by atoms with Crippen LogP contribution in [0.3, 0.4) is 0 Å². The van der Waals surface area contributed by atoms with Crippen LogP contribution in [0.2, 0.25) is 0 Å². The van der Waals surface area contributed by atoms with Crippen LogP contribution in [0.5, 0.6) is 0 Å². The smallest absolute Gasteiger partial charge is 0.256 e. The third-order valence-corrected chi connectivity index (χ3v) is 2.71. The molecule has 4 nitrogen and oxygen atoms in total. The molecule has 1 amide bonds. The predicted molar refractivity (Wildman–Crippen MR) is 65.9 cm³/mol. The number of nitrogens with zero attached hydrogens (tertiary/aromatic N) is 1. The van der Waals surface area contributed by atoms with E-state index in [-0.39, 0.29) is 29.6 Å². The van der Waals surface area contributed by atoms with Gasteiger partial charge >= 0.3 is 0 Å². The number of benzene rings is 1. The van der Waals surface area contributed by atoms with Crippen LogP contribution < -0.4 is 5.32 Å². The first-order valence-electron chi connectivity index (χ1n) is 5.54. The van der Waals surface area contributed by atoms with Crippen LogP contribution in [0.25, 0.3) is 0 Å². The van der Waals surface area contributed by atoms with Crippen LogP contribution >= 0.6 is 0 Å². The topological polar surface area (TPSA) is 61.7 Å². The Hall–Kier alpha value is -2.17. The minimum atomic E-state index is -0.312. The van der Waals surface area contributed by atoms with Crippen molar-refractivity contribution in [3.63, 3.8) is 0 Å². The molecule has 5 heteroatoms. The summed E-state index contributed by atoms with van der Waals surface area (Å²) in [5.74, 6) is -0.594. The van der Waals surface area contributed by atoms with Crippen molar-refractivity contribution in [3.8, 4) is 0 Å². The van der Waals surface area contributed by atoms with E-state index >= 15 is 0 Å². The molecular weight excluding hydrogens is 235 g/mol. The molecule has 1 heterocycles. The highest BCUT2D eigenvalue weighted by atomic mass is 19.1. The van der Waals surface area contributed by atoms with Crippen molar-refractivity contribution >= 4 is 11.6 Å². The fraction of sp³-hybridized carbons (Fsp3) is 0.231. The molecular formula is C13H13FN2O2. The predicted octanol–water partition coefficient (Wildman–Crippen LogP) is 1.73. The Labute approximate surface area is 104 Å². The standard InChI is InChI=1S/C13H13FN2O2/c1-8(12-11(17)7-16-13(12)18)15-6-9-2-4-10(14)5-3-9/h2-5,17H,6-7H2,1H3,(H,16,18). The number of hydrogen-bond acceptors (Lipinski definition) is 3. The van der Waals surface area contributed by atoms with Crippen LogP contribution in [-0.4, -0.2) is 23.3 Å². The molecule has 0 aliphatic carbocycles. The van der Waals surface area contributed by atoms with Crippen molar-refractivity contribution in [2.75, 3.05) is 6.54 Å². The van der Waals surface area contributed by atoms with Gasteiger partial charge in [-0.05, 0) is 24.6 Å². The molecule has 1 aliphatic heterocycles. The lowest BCUT2D eigenvalue weighted by molar-refractivity contribution is -0.116. The molecule has 18 heavy (non-hydrogen) atoms. The van der Waals surface area contributed by atoms with E-state index in [2.05, 4.69) is 10.3 Å². The number of aliphatic hydroxyl groups is 1. The zero-order valence-corrected chi connectivity index (χ0v) is 9.90. The van der Waals surface area contributed by atoms with Crippen molar-refractivity contribution < 1.29 is 14.3 Å². The highest BCUT2D eigenvalue weighted by Crippen LogP contribution is 2.12. The van der Waals surface area contributed by atoms with Crippen molar-refractivity contribution in [1.82, 2.24) is 5.32 Å². The van der Waals surface area contributed by atoms with E-state index in [0.717, 1.165) is 5.56 Å². The summed E-state index contributed by atoms with van der Waals surface area (Å²) in [6.45, 7) is 2.16. The van der Waals surface area contributed by atoms with E-state index < -0.39 is 0 Å². The molecule has 0 saturated carbocycles. The van der Waals surface area contributed by atoms with Gasteiger partial charge in [-0.1, -0.05) is 12.1 Å². The van der Waals surface area contributed by atoms with E-state index in [1.807, 2.05) is 0 Å². The molecule has 1 aromatic rings. The summed E-state index contributed by atoms with van der Waals surface area (Å²) in [4.78, 5) is 15.6. The summed E-state index contributed by atoms with van der Waals surface area (Å²) in [5.41, 5.74) is 1.55. The van der Waals surface area contributed by atoms with Gasteiger partial charge in [-0.3, -0.25) is 9.79 Å². The van der Waals surface area contributed by atoms with Crippen molar-refractivity contribution in [2.45, 2.75) is 13.5 Å². The third kappa shape index (κ3) is 2.56. The van der Waals surface area contributed by atoms with Gasteiger partial charge in [-0.25, -0.2) is 4.39 Å². The molecule has 0 radical (unpaired) electrons. The highest BCUT2D eigenvalue weighted by molar-refractivity contribution is 6.22. The molecule has 0 aromatic heterocycles. The molecule has 2 rings (SSSR count). The van der Waals surface area contributed by atoms with Gasteiger partial charge in [-0.15, -0.1) is 0 Å². The molecule has 1 aromatic carbocycles. The number of carbonyl (C=O) groups is 1. The first-order chi connectivity index (χ1) is 8.58. The van der Waals surface area contributed by atoms with Gasteiger partial charge in [0.2, 0.25) is 0 Å². The number of rotatable bonds is 3. The Morgan fingerprint density at radius 1 is 1.44 bits per heavy atom. The maximum Gasteiger partial charge on any atom is 0.256 e. The zero-order valence-electron chi connectivity index (χ0n) is 9.90. The minimum absolute atomic E-state index is 0.0142. The van der Waals surface area contributed by atoms with Gasteiger partial charge in [0.25, 0.3) is 5.91 Å². The highest BCUT2D eigenvalue weighted by Gasteiger charge is 2.24. The Morgan fingerprint density at radius 2 is 2.11 bits per heavy atom. The summed E-state index contributed by atoms with van der Waals surface area (Å²) in [5, 5.41) is 12.0. The maximum atomic E-state index is 12.7. The van der Waals surface area contributed by atoms with Crippen LogP contribution in [0.4, 0.5) is 4.39 Å². The third-order valence-electron chi connectivity index (χ3n) is 2.71. The van der Waals surface area contributed by atoms with E-state index in [1.54, 1.807) is 19.1 Å². The average molecular weight is 248 g/mol. The van der Waals surface area contributed by atoms with Gasteiger partial charge in [-0.2, -0.15) is 0 Å². The summed E-state index contributed by atoms with van der Waals surface area (Å²) >= 11 is 0. The van der Waals surface area contributed by atoms with Crippen LogP contribution in [0.1, 0.15) is 12.5 Å². The zero-order chi connectivity index (χ0) is 13.1. The minimum Gasteiger partial charge on any atom is -0.510 e. The summed E-state index contributed by atoms with van der Waals surface area (Å²) in [6, 6.07) is 5.99. The van der Waals surface area contributed by atoms with Crippen LogP contribution in [-0.2, 0) is 11.3 Å². The van der Waals surface area contributed by atoms with Crippen molar-refractivity contribution in [3.05, 3.63) is 47.0 Å². The number of aliphatic imine (C=N–C) groups is 1. The molecule has 0 spiro atoms. The molecule has 1 aliphatic rings. The van der Waals surface area contributed by atoms with Gasteiger partial charge in [0.05, 0.1) is 18.7 Å². The van der Waals surface area contributed by atoms with Gasteiger partial charge in [0.15, 0.2) is 0 Å².